The predicted molar refractivity (Wildman–Crippen MR) is 91.3 cm³/mol. The molecule has 1 aliphatic heterocycles. The zero-order valence-corrected chi connectivity index (χ0v) is 14.5. The fourth-order valence-corrected chi connectivity index (χ4v) is 2.95. The molecule has 1 aliphatic rings. The van der Waals surface area contributed by atoms with Gasteiger partial charge in [0.25, 0.3) is 0 Å². The smallest absolute Gasteiger partial charge is 0.249 e. The molecule has 1 atom stereocenters. The molecule has 1 fully saturated rings. The maximum atomic E-state index is 12.9. The monoisotopic (exact) mass is 342 g/mol. The first kappa shape index (κ1) is 17.2. The van der Waals surface area contributed by atoms with E-state index in [0.717, 1.165) is 11.1 Å². The van der Waals surface area contributed by atoms with Gasteiger partial charge in [-0.1, -0.05) is 30.3 Å². The summed E-state index contributed by atoms with van der Waals surface area (Å²) in [4.78, 5) is 28.4. The fraction of sp³-hybridized carbons (Fsp3) is 0.389. The second kappa shape index (κ2) is 7.48. The molecule has 2 heterocycles. The first-order valence-electron chi connectivity index (χ1n) is 8.18. The van der Waals surface area contributed by atoms with Crippen LogP contribution >= 0.6 is 0 Å². The molecule has 2 amide bonds. The van der Waals surface area contributed by atoms with Crippen molar-refractivity contribution in [3.63, 3.8) is 0 Å². The molecule has 1 unspecified atom stereocenters. The molecule has 0 N–H and O–H groups in total. The Morgan fingerprint density at radius 3 is 2.76 bits per heavy atom. The van der Waals surface area contributed by atoms with E-state index in [1.807, 2.05) is 43.6 Å². The van der Waals surface area contributed by atoms with Gasteiger partial charge in [0.1, 0.15) is 12.6 Å². The van der Waals surface area contributed by atoms with E-state index < -0.39 is 6.04 Å². The SMILES string of the molecule is CN(Cc1cnn(C)c1)C(=O)C1COCC(=O)N1Cc1ccccc1. The Kier molecular flexibility index (Phi) is 5.14. The molecular formula is C18H22N4O3. The zero-order valence-electron chi connectivity index (χ0n) is 14.5. The van der Waals surface area contributed by atoms with Gasteiger partial charge in [-0.15, -0.1) is 0 Å². The first-order valence-corrected chi connectivity index (χ1v) is 8.18. The third-order valence-electron chi connectivity index (χ3n) is 4.23. The number of ether oxygens (including phenoxy) is 1. The maximum Gasteiger partial charge on any atom is 0.249 e. The van der Waals surface area contributed by atoms with Crippen LogP contribution in [-0.2, 0) is 34.5 Å². The molecule has 0 spiro atoms. The summed E-state index contributed by atoms with van der Waals surface area (Å²) < 4.78 is 7.03. The lowest BCUT2D eigenvalue weighted by Gasteiger charge is -2.36. The number of aromatic nitrogens is 2. The number of likely N-dealkylation sites (N-methyl/N-ethyl adjacent to an activating group) is 1. The Morgan fingerprint density at radius 1 is 1.32 bits per heavy atom. The number of rotatable bonds is 5. The summed E-state index contributed by atoms with van der Waals surface area (Å²) in [5, 5.41) is 4.11. The number of nitrogens with zero attached hydrogens (tertiary/aromatic N) is 4. The third kappa shape index (κ3) is 4.06. The van der Waals surface area contributed by atoms with Gasteiger partial charge in [-0.2, -0.15) is 5.10 Å². The Labute approximate surface area is 146 Å². The standard InChI is InChI=1S/C18H22N4O3/c1-20(9-15-8-19-21(2)10-15)18(24)16-12-25-13-17(23)22(16)11-14-6-4-3-5-7-14/h3-8,10,16H,9,11-13H2,1-2H3. The molecule has 7 heteroatoms. The lowest BCUT2D eigenvalue weighted by molar-refractivity contribution is -0.159. The van der Waals surface area contributed by atoms with E-state index in [9.17, 15) is 9.59 Å². The fourth-order valence-electron chi connectivity index (χ4n) is 2.95. The van der Waals surface area contributed by atoms with Crippen molar-refractivity contribution in [3.8, 4) is 0 Å². The number of carbonyl (C=O) groups excluding carboxylic acids is 2. The lowest BCUT2D eigenvalue weighted by Crippen LogP contribution is -2.56. The quantitative estimate of drug-likeness (QED) is 0.806. The summed E-state index contributed by atoms with van der Waals surface area (Å²) in [5.74, 6) is -0.295. The normalized spacial score (nSPS) is 17.6. The highest BCUT2D eigenvalue weighted by molar-refractivity contribution is 5.89. The van der Waals surface area contributed by atoms with Crippen LogP contribution in [0.4, 0.5) is 0 Å². The van der Waals surface area contributed by atoms with Gasteiger partial charge < -0.3 is 14.5 Å². The molecule has 1 aromatic carbocycles. The van der Waals surface area contributed by atoms with E-state index in [2.05, 4.69) is 5.10 Å². The van der Waals surface area contributed by atoms with Crippen molar-refractivity contribution >= 4 is 11.8 Å². The highest BCUT2D eigenvalue weighted by Gasteiger charge is 2.35. The number of benzene rings is 1. The van der Waals surface area contributed by atoms with Crippen LogP contribution in [0.5, 0.6) is 0 Å². The minimum absolute atomic E-state index is 0.0168. The van der Waals surface area contributed by atoms with Crippen LogP contribution in [-0.4, -0.2) is 57.7 Å². The van der Waals surface area contributed by atoms with Crippen LogP contribution in [0.3, 0.4) is 0 Å². The Morgan fingerprint density at radius 2 is 2.08 bits per heavy atom. The van der Waals surface area contributed by atoms with Crippen LogP contribution in [0.25, 0.3) is 0 Å². The van der Waals surface area contributed by atoms with E-state index in [1.54, 1.807) is 27.7 Å². The molecule has 0 bridgehead atoms. The third-order valence-corrected chi connectivity index (χ3v) is 4.23. The van der Waals surface area contributed by atoms with Crippen molar-refractivity contribution in [2.45, 2.75) is 19.1 Å². The number of morpholine rings is 1. The molecule has 1 saturated heterocycles. The second-order valence-electron chi connectivity index (χ2n) is 6.25. The van der Waals surface area contributed by atoms with Crippen molar-refractivity contribution in [1.29, 1.82) is 0 Å². The molecule has 3 rings (SSSR count). The molecule has 132 valence electrons. The summed E-state index contributed by atoms with van der Waals surface area (Å²) in [7, 11) is 3.57. The Hall–Kier alpha value is -2.67. The van der Waals surface area contributed by atoms with E-state index in [0.29, 0.717) is 13.1 Å². The van der Waals surface area contributed by atoms with Gasteiger partial charge in [-0.05, 0) is 5.56 Å². The van der Waals surface area contributed by atoms with Gasteiger partial charge in [0.05, 0.1) is 12.8 Å². The molecule has 0 saturated carbocycles. The average Bonchev–Trinajstić information content (AvgIpc) is 3.02. The Bertz CT molecular complexity index is 744. The van der Waals surface area contributed by atoms with E-state index in [1.165, 1.54) is 0 Å². The van der Waals surface area contributed by atoms with Crippen LogP contribution in [0, 0.1) is 0 Å². The molecule has 0 radical (unpaired) electrons. The van der Waals surface area contributed by atoms with E-state index in [4.69, 9.17) is 4.74 Å². The number of hydrogen-bond donors (Lipinski definition) is 0. The van der Waals surface area contributed by atoms with Crippen molar-refractivity contribution < 1.29 is 14.3 Å². The highest BCUT2D eigenvalue weighted by atomic mass is 16.5. The van der Waals surface area contributed by atoms with Gasteiger partial charge in [0.2, 0.25) is 11.8 Å². The molecule has 25 heavy (non-hydrogen) atoms. The summed E-state index contributed by atoms with van der Waals surface area (Å²) >= 11 is 0. The minimum atomic E-state index is -0.608. The van der Waals surface area contributed by atoms with Gasteiger partial charge in [0, 0.05) is 38.9 Å². The van der Waals surface area contributed by atoms with Crippen molar-refractivity contribution in [2.24, 2.45) is 7.05 Å². The molecule has 2 aromatic rings. The van der Waals surface area contributed by atoms with Gasteiger partial charge in [-0.3, -0.25) is 14.3 Å². The average molecular weight is 342 g/mol. The Balaban J connectivity index is 1.72. The minimum Gasteiger partial charge on any atom is -0.369 e. The summed E-state index contributed by atoms with van der Waals surface area (Å²) in [6.45, 7) is 1.08. The van der Waals surface area contributed by atoms with Gasteiger partial charge in [0.15, 0.2) is 0 Å². The van der Waals surface area contributed by atoms with Gasteiger partial charge >= 0.3 is 0 Å². The molecule has 0 aliphatic carbocycles. The lowest BCUT2D eigenvalue weighted by atomic mass is 10.1. The topological polar surface area (TPSA) is 67.7 Å². The van der Waals surface area contributed by atoms with E-state index in [-0.39, 0.29) is 25.0 Å². The van der Waals surface area contributed by atoms with Crippen LogP contribution < -0.4 is 0 Å². The van der Waals surface area contributed by atoms with Crippen molar-refractivity contribution in [3.05, 3.63) is 53.9 Å². The summed E-state index contributed by atoms with van der Waals surface area (Å²) in [6, 6.07) is 9.06. The maximum absolute atomic E-state index is 12.9. The summed E-state index contributed by atoms with van der Waals surface area (Å²) in [5.41, 5.74) is 1.93. The van der Waals surface area contributed by atoms with Crippen LogP contribution in [0.1, 0.15) is 11.1 Å². The second-order valence-corrected chi connectivity index (χ2v) is 6.25. The number of amides is 2. The van der Waals surface area contributed by atoms with E-state index >= 15 is 0 Å². The number of hydrogen-bond acceptors (Lipinski definition) is 4. The number of carbonyl (C=O) groups is 2. The molecule has 1 aromatic heterocycles. The van der Waals surface area contributed by atoms with Crippen LogP contribution in [0.2, 0.25) is 0 Å². The summed E-state index contributed by atoms with van der Waals surface area (Å²) in [6.07, 6.45) is 3.60. The van der Waals surface area contributed by atoms with Crippen LogP contribution in [0.15, 0.2) is 42.7 Å². The zero-order chi connectivity index (χ0) is 17.8. The molecule has 7 nitrogen and oxygen atoms in total. The van der Waals surface area contributed by atoms with Gasteiger partial charge in [-0.25, -0.2) is 0 Å². The molecular weight excluding hydrogens is 320 g/mol. The largest absolute Gasteiger partial charge is 0.369 e. The number of aryl methyl sites for hydroxylation is 1. The highest BCUT2D eigenvalue weighted by Crippen LogP contribution is 2.16. The van der Waals surface area contributed by atoms with Crippen molar-refractivity contribution in [1.82, 2.24) is 19.6 Å². The van der Waals surface area contributed by atoms with Crippen molar-refractivity contribution in [2.75, 3.05) is 20.3 Å². The predicted octanol–water partition coefficient (Wildman–Crippen LogP) is 0.806. The first-order chi connectivity index (χ1) is 12.0.